The van der Waals surface area contributed by atoms with Crippen LogP contribution in [-0.4, -0.2) is 29.8 Å². The van der Waals surface area contributed by atoms with E-state index in [0.717, 1.165) is 23.1 Å². The van der Waals surface area contributed by atoms with E-state index >= 15 is 0 Å². The summed E-state index contributed by atoms with van der Waals surface area (Å²) in [5.74, 6) is 1.02. The van der Waals surface area contributed by atoms with Crippen molar-refractivity contribution in [3.8, 4) is 0 Å². The van der Waals surface area contributed by atoms with Crippen LogP contribution < -0.4 is 10.6 Å². The van der Waals surface area contributed by atoms with Gasteiger partial charge in [-0.1, -0.05) is 12.1 Å². The van der Waals surface area contributed by atoms with Crippen LogP contribution in [-0.2, 0) is 4.79 Å². The van der Waals surface area contributed by atoms with E-state index in [9.17, 15) is 4.79 Å². The number of nitrogens with one attached hydrogen (secondary N) is 2. The number of carbonyl (C=O) groups excluding carboxylic acids is 1. The Balaban J connectivity index is 0.00000176. The van der Waals surface area contributed by atoms with Gasteiger partial charge in [-0.05, 0) is 53.7 Å². The summed E-state index contributed by atoms with van der Waals surface area (Å²) in [6.45, 7) is 0. The summed E-state index contributed by atoms with van der Waals surface area (Å²) in [7, 11) is 0. The van der Waals surface area contributed by atoms with Crippen molar-refractivity contribution in [1.82, 2.24) is 10.6 Å². The molecule has 1 aromatic carbocycles. The molecular formula is C16H22BrClN2OS. The molecule has 0 aromatic heterocycles. The second kappa shape index (κ2) is 8.57. The molecule has 0 aliphatic carbocycles. The number of halogens is 2. The number of hydrogen-bond acceptors (Lipinski definition) is 3. The Bertz CT molecular complexity index is 505. The predicted octanol–water partition coefficient (Wildman–Crippen LogP) is 3.75. The van der Waals surface area contributed by atoms with Gasteiger partial charge in [0.1, 0.15) is 0 Å². The molecule has 1 aromatic rings. The lowest BCUT2D eigenvalue weighted by atomic mass is 10.00. The number of piperidine rings is 1. The van der Waals surface area contributed by atoms with Crippen molar-refractivity contribution in [3.05, 3.63) is 28.7 Å². The van der Waals surface area contributed by atoms with Crippen molar-refractivity contribution in [2.45, 2.75) is 55.1 Å². The average Bonchev–Trinajstić information content (AvgIpc) is 2.80. The van der Waals surface area contributed by atoms with Crippen LogP contribution in [0.5, 0.6) is 0 Å². The quantitative estimate of drug-likeness (QED) is 0.733. The molecule has 0 spiro atoms. The normalized spacial score (nSPS) is 26.3. The standard InChI is InChI=1S/C16H21BrN2OS.ClH/c17-14-3-1-2-4-15(14)21-8-7-16(20)19-13-9-11-5-6-12(10-13)18-11;/h1-4,11-13,18H,5-10H2,(H,19,20);1H. The molecule has 2 bridgehead atoms. The maximum absolute atomic E-state index is 12.1. The summed E-state index contributed by atoms with van der Waals surface area (Å²) >= 11 is 5.27. The Labute approximate surface area is 150 Å². The Morgan fingerprint density at radius 2 is 1.95 bits per heavy atom. The highest BCUT2D eigenvalue weighted by atomic mass is 79.9. The van der Waals surface area contributed by atoms with Crippen LogP contribution >= 0.6 is 40.1 Å². The van der Waals surface area contributed by atoms with Gasteiger partial charge in [-0.2, -0.15) is 0 Å². The highest BCUT2D eigenvalue weighted by Crippen LogP contribution is 2.28. The van der Waals surface area contributed by atoms with E-state index in [1.54, 1.807) is 11.8 Å². The number of rotatable bonds is 5. The number of thioether (sulfide) groups is 1. The molecule has 3 rings (SSSR count). The van der Waals surface area contributed by atoms with Gasteiger partial charge in [0.05, 0.1) is 0 Å². The molecule has 22 heavy (non-hydrogen) atoms. The SMILES string of the molecule is Cl.O=C(CCSc1ccccc1Br)NC1CC2CCC(C1)N2. The summed E-state index contributed by atoms with van der Waals surface area (Å²) in [4.78, 5) is 13.3. The van der Waals surface area contributed by atoms with Gasteiger partial charge in [-0.3, -0.25) is 4.79 Å². The Kier molecular flexibility index (Phi) is 7.06. The lowest BCUT2D eigenvalue weighted by Crippen LogP contribution is -2.48. The van der Waals surface area contributed by atoms with Gasteiger partial charge in [0.2, 0.25) is 5.91 Å². The van der Waals surface area contributed by atoms with E-state index in [1.807, 2.05) is 18.2 Å². The molecule has 2 aliphatic heterocycles. The maximum Gasteiger partial charge on any atom is 0.221 e. The first-order valence-electron chi connectivity index (χ1n) is 7.63. The lowest BCUT2D eigenvalue weighted by Gasteiger charge is -2.29. The smallest absolute Gasteiger partial charge is 0.221 e. The molecular weight excluding hydrogens is 384 g/mol. The van der Waals surface area contributed by atoms with Crippen LogP contribution in [0.15, 0.2) is 33.6 Å². The van der Waals surface area contributed by atoms with E-state index in [4.69, 9.17) is 0 Å². The van der Waals surface area contributed by atoms with E-state index in [2.05, 4.69) is 32.6 Å². The maximum atomic E-state index is 12.1. The van der Waals surface area contributed by atoms with Crippen molar-refractivity contribution >= 4 is 46.0 Å². The minimum atomic E-state index is 0. The highest BCUT2D eigenvalue weighted by molar-refractivity contribution is 9.10. The minimum absolute atomic E-state index is 0. The third kappa shape index (κ3) is 4.88. The first-order valence-corrected chi connectivity index (χ1v) is 9.41. The van der Waals surface area contributed by atoms with Crippen LogP contribution in [0.3, 0.4) is 0 Å². The van der Waals surface area contributed by atoms with E-state index < -0.39 is 0 Å². The zero-order valence-corrected chi connectivity index (χ0v) is 15.6. The molecule has 2 N–H and O–H groups in total. The van der Waals surface area contributed by atoms with E-state index in [-0.39, 0.29) is 18.3 Å². The fourth-order valence-corrected chi connectivity index (χ4v) is 4.81. The zero-order chi connectivity index (χ0) is 14.7. The molecule has 2 unspecified atom stereocenters. The van der Waals surface area contributed by atoms with Crippen molar-refractivity contribution in [2.75, 3.05) is 5.75 Å². The fraction of sp³-hybridized carbons (Fsp3) is 0.562. The first kappa shape index (κ1) is 18.1. The molecule has 3 nitrogen and oxygen atoms in total. The van der Waals surface area contributed by atoms with Crippen molar-refractivity contribution in [3.63, 3.8) is 0 Å². The third-order valence-electron chi connectivity index (χ3n) is 4.26. The van der Waals surface area contributed by atoms with Crippen LogP contribution in [0.25, 0.3) is 0 Å². The summed E-state index contributed by atoms with van der Waals surface area (Å²) in [6.07, 6.45) is 5.33. The van der Waals surface area contributed by atoms with E-state index in [1.165, 1.54) is 17.7 Å². The lowest BCUT2D eigenvalue weighted by molar-refractivity contribution is -0.121. The van der Waals surface area contributed by atoms with Gasteiger partial charge in [-0.15, -0.1) is 24.2 Å². The number of carbonyl (C=O) groups is 1. The number of benzene rings is 1. The second-order valence-corrected chi connectivity index (χ2v) is 7.89. The largest absolute Gasteiger partial charge is 0.353 e. The average molecular weight is 406 g/mol. The Morgan fingerprint density at radius 3 is 2.64 bits per heavy atom. The molecule has 6 heteroatoms. The van der Waals surface area contributed by atoms with Crippen molar-refractivity contribution < 1.29 is 4.79 Å². The van der Waals surface area contributed by atoms with Gasteiger partial charge < -0.3 is 10.6 Å². The van der Waals surface area contributed by atoms with Crippen molar-refractivity contribution in [1.29, 1.82) is 0 Å². The van der Waals surface area contributed by atoms with Gasteiger partial charge in [0.25, 0.3) is 0 Å². The second-order valence-electron chi connectivity index (χ2n) is 5.90. The predicted molar refractivity (Wildman–Crippen MR) is 97.8 cm³/mol. The van der Waals surface area contributed by atoms with Gasteiger partial charge in [0, 0.05) is 39.7 Å². The summed E-state index contributed by atoms with van der Waals surface area (Å²) in [5, 5.41) is 6.82. The third-order valence-corrected chi connectivity index (χ3v) is 6.29. The number of amides is 1. The van der Waals surface area contributed by atoms with Gasteiger partial charge in [0.15, 0.2) is 0 Å². The summed E-state index contributed by atoms with van der Waals surface area (Å²) < 4.78 is 1.10. The van der Waals surface area contributed by atoms with Crippen LogP contribution in [0.2, 0.25) is 0 Å². The zero-order valence-electron chi connectivity index (χ0n) is 12.4. The number of fused-ring (bicyclic) bond motifs is 2. The molecule has 2 atom stereocenters. The van der Waals surface area contributed by atoms with Crippen LogP contribution in [0.4, 0.5) is 0 Å². The summed E-state index contributed by atoms with van der Waals surface area (Å²) in [6, 6.07) is 9.78. The molecule has 2 aliphatic rings. The Hall–Kier alpha value is -0.230. The highest BCUT2D eigenvalue weighted by Gasteiger charge is 2.33. The van der Waals surface area contributed by atoms with Crippen LogP contribution in [0, 0.1) is 0 Å². The van der Waals surface area contributed by atoms with E-state index in [0.29, 0.717) is 24.5 Å². The topological polar surface area (TPSA) is 41.1 Å². The molecule has 0 saturated carbocycles. The molecule has 2 saturated heterocycles. The van der Waals surface area contributed by atoms with Crippen LogP contribution in [0.1, 0.15) is 32.1 Å². The molecule has 122 valence electrons. The molecule has 1 amide bonds. The summed E-state index contributed by atoms with van der Waals surface area (Å²) in [5.41, 5.74) is 0. The van der Waals surface area contributed by atoms with Gasteiger partial charge in [-0.25, -0.2) is 0 Å². The molecule has 2 heterocycles. The number of hydrogen-bond donors (Lipinski definition) is 2. The monoisotopic (exact) mass is 404 g/mol. The Morgan fingerprint density at radius 1 is 1.27 bits per heavy atom. The minimum Gasteiger partial charge on any atom is -0.353 e. The first-order chi connectivity index (χ1) is 10.2. The fourth-order valence-electron chi connectivity index (χ4n) is 3.29. The molecule has 0 radical (unpaired) electrons. The molecule has 2 fully saturated rings. The van der Waals surface area contributed by atoms with Crippen molar-refractivity contribution in [2.24, 2.45) is 0 Å². The van der Waals surface area contributed by atoms with Gasteiger partial charge >= 0.3 is 0 Å².